The van der Waals surface area contributed by atoms with Crippen LogP contribution in [-0.4, -0.2) is 78.7 Å². The first-order chi connectivity index (χ1) is 13.9. The van der Waals surface area contributed by atoms with Crippen molar-refractivity contribution in [2.24, 2.45) is 17.8 Å². The van der Waals surface area contributed by atoms with E-state index in [1.807, 2.05) is 0 Å². The molecule has 1 aliphatic heterocycles. The van der Waals surface area contributed by atoms with Crippen LogP contribution in [0.25, 0.3) is 0 Å². The molecule has 7 nitrogen and oxygen atoms in total. The van der Waals surface area contributed by atoms with Crippen LogP contribution in [0, 0.1) is 17.8 Å². The molecule has 2 rings (SSSR count). The first kappa shape index (κ1) is 25.2. The molecule has 0 bridgehead atoms. The molecule has 168 valence electrons. The van der Waals surface area contributed by atoms with Crippen LogP contribution in [0.3, 0.4) is 0 Å². The van der Waals surface area contributed by atoms with Crippen molar-refractivity contribution in [3.63, 3.8) is 0 Å². The number of carbonyl (C=O) groups is 3. The molecule has 1 heterocycles. The van der Waals surface area contributed by atoms with Gasteiger partial charge in [0.15, 0.2) is 0 Å². The topological polar surface area (TPSA) is 82.1 Å². The Hall–Kier alpha value is -1.04. The number of allylic oxidation sites excluding steroid dienone is 2. The molecule has 4 atom stereocenters. The van der Waals surface area contributed by atoms with Gasteiger partial charge in [-0.15, -0.1) is 0 Å². The van der Waals surface area contributed by atoms with E-state index in [1.54, 1.807) is 40.7 Å². The summed E-state index contributed by atoms with van der Waals surface area (Å²) in [5, 5.41) is 0. The van der Waals surface area contributed by atoms with Crippen LogP contribution in [0.15, 0.2) is 12.2 Å². The number of halogens is 1. The van der Waals surface area contributed by atoms with Crippen LogP contribution in [0.2, 0.25) is 3.98 Å². The molecule has 0 aromatic carbocycles. The predicted molar refractivity (Wildman–Crippen MR) is 109 cm³/mol. The number of amides is 1. The van der Waals surface area contributed by atoms with Crippen molar-refractivity contribution in [1.82, 2.24) is 4.90 Å². The first-order valence-corrected chi connectivity index (χ1v) is 14.4. The second-order valence-corrected chi connectivity index (χ2v) is 12.0. The molecule has 1 aliphatic carbocycles. The molecule has 1 saturated heterocycles. The Labute approximate surface area is 190 Å². The molecule has 0 aromatic heterocycles. The molecule has 2 aliphatic rings. The van der Waals surface area contributed by atoms with E-state index in [1.165, 1.54) is 18.1 Å². The average Bonchev–Trinajstić information content (AvgIpc) is 2.62. The fourth-order valence-corrected chi connectivity index (χ4v) is 6.27. The van der Waals surface area contributed by atoms with Gasteiger partial charge in [0.25, 0.3) is 0 Å². The molecule has 9 heteroatoms. The van der Waals surface area contributed by atoms with E-state index in [-0.39, 0.29) is 30.1 Å². The summed E-state index contributed by atoms with van der Waals surface area (Å²) in [6.07, 6.45) is 2.96. The zero-order valence-electron chi connectivity index (χ0n) is 18.6. The summed E-state index contributed by atoms with van der Waals surface area (Å²) in [4.78, 5) is 38.3. The number of rotatable bonds is 5. The fraction of sp³-hybridized carbons (Fsp3) is 0.762. The van der Waals surface area contributed by atoms with E-state index in [0.717, 1.165) is 0 Å². The van der Waals surface area contributed by atoms with Gasteiger partial charge >= 0.3 is 191 Å². The number of methoxy groups -OCH3 is 1. The zero-order valence-corrected chi connectivity index (χ0v) is 22.5. The van der Waals surface area contributed by atoms with Gasteiger partial charge in [0.1, 0.15) is 0 Å². The maximum absolute atomic E-state index is 13.5. The van der Waals surface area contributed by atoms with E-state index < -0.39 is 54.2 Å². The summed E-state index contributed by atoms with van der Waals surface area (Å²) >= 11 is -2.27. The van der Waals surface area contributed by atoms with Gasteiger partial charge in [0, 0.05) is 0 Å². The number of carbonyl (C=O) groups excluding carboxylic acids is 3. The Balaban J connectivity index is 2.21. The van der Waals surface area contributed by atoms with Crippen LogP contribution in [0.1, 0.15) is 47.5 Å². The molecule has 0 saturated carbocycles. The van der Waals surface area contributed by atoms with E-state index in [2.05, 4.69) is 0 Å². The number of ether oxygens (including phenoxy) is 3. The van der Waals surface area contributed by atoms with Crippen molar-refractivity contribution in [2.75, 3.05) is 13.7 Å². The maximum atomic E-state index is 13.5. The SMILES string of the molecule is COC(=O)C1CC(=O)C=CC1CC1OC(C)(C)N(C(=O)OC(C)(C)C)CC1[CH2][Pb][F]. The molecular weight excluding hydrogens is 588 g/mol. The van der Waals surface area contributed by atoms with Crippen LogP contribution < -0.4 is 0 Å². The summed E-state index contributed by atoms with van der Waals surface area (Å²) in [6.45, 7) is 9.30. The monoisotopic (exact) mass is 621 g/mol. The standard InChI is InChI=1S/C21H32NO6.FH.Pb/c1-13-12-22(19(25)28-20(2,3)4)21(5,6)27-17(13)10-14-8-9-15(23)11-16(14)18(24)26-7;;/h8-9,13-14,16-17H,1,10-12H2,2-7H3;1H;/q;;+1/p-1. The van der Waals surface area contributed by atoms with Crippen LogP contribution in [0.5, 0.6) is 0 Å². The fourth-order valence-electron chi connectivity index (χ4n) is 3.97. The van der Waals surface area contributed by atoms with Crippen molar-refractivity contribution in [2.45, 2.75) is 68.9 Å². The zero-order chi connectivity index (χ0) is 22.7. The number of hydrogen-bond acceptors (Lipinski definition) is 6. The number of nitrogens with zero attached hydrogens (tertiary/aromatic N) is 1. The molecule has 0 spiro atoms. The summed E-state index contributed by atoms with van der Waals surface area (Å²) in [5.74, 6) is -1.53. The van der Waals surface area contributed by atoms with Crippen molar-refractivity contribution in [3.8, 4) is 0 Å². The molecule has 0 N–H and O–H groups in total. The molecule has 4 unspecified atom stereocenters. The van der Waals surface area contributed by atoms with Gasteiger partial charge in [-0.25, -0.2) is 0 Å². The second-order valence-electron chi connectivity index (χ2n) is 9.35. The minimum atomic E-state index is -2.27. The van der Waals surface area contributed by atoms with Gasteiger partial charge in [-0.05, 0) is 0 Å². The Morgan fingerprint density at radius 1 is 1.37 bits per heavy atom. The normalized spacial score (nSPS) is 28.9. The number of hydrogen-bond donors (Lipinski definition) is 0. The van der Waals surface area contributed by atoms with Gasteiger partial charge in [0.05, 0.1) is 0 Å². The summed E-state index contributed by atoms with van der Waals surface area (Å²) < 4.78 is 30.6. The van der Waals surface area contributed by atoms with Crippen LogP contribution in [-0.2, 0) is 23.8 Å². The third kappa shape index (κ3) is 6.48. The van der Waals surface area contributed by atoms with Crippen molar-refractivity contribution in [1.29, 1.82) is 0 Å². The van der Waals surface area contributed by atoms with E-state index in [9.17, 15) is 16.9 Å². The van der Waals surface area contributed by atoms with Gasteiger partial charge in [-0.2, -0.15) is 0 Å². The Kier molecular flexibility index (Phi) is 8.45. The Bertz CT molecular complexity index is 689. The summed E-state index contributed by atoms with van der Waals surface area (Å²) in [5.41, 5.74) is -1.59. The van der Waals surface area contributed by atoms with Gasteiger partial charge in [-0.3, -0.25) is 0 Å². The van der Waals surface area contributed by atoms with E-state index in [4.69, 9.17) is 14.2 Å². The third-order valence-electron chi connectivity index (χ3n) is 5.46. The van der Waals surface area contributed by atoms with Gasteiger partial charge < -0.3 is 0 Å². The van der Waals surface area contributed by atoms with E-state index in [0.29, 0.717) is 16.9 Å². The minimum absolute atomic E-state index is 0.0972. The molecule has 0 aromatic rings. The average molecular weight is 621 g/mol. The van der Waals surface area contributed by atoms with Gasteiger partial charge in [0.2, 0.25) is 0 Å². The molecule has 2 radical (unpaired) electrons. The third-order valence-corrected chi connectivity index (χ3v) is 8.10. The predicted octanol–water partition coefficient (Wildman–Crippen LogP) is 3.31. The van der Waals surface area contributed by atoms with Crippen molar-refractivity contribution >= 4 is 42.7 Å². The number of esters is 1. The summed E-state index contributed by atoms with van der Waals surface area (Å²) in [6, 6.07) is 0. The molecule has 30 heavy (non-hydrogen) atoms. The quantitative estimate of drug-likeness (QED) is 0.347. The van der Waals surface area contributed by atoms with Crippen molar-refractivity contribution in [3.05, 3.63) is 12.2 Å². The van der Waals surface area contributed by atoms with Crippen molar-refractivity contribution < 1.29 is 31.1 Å². The molecular formula is C21H32FNO6Pb. The molecule has 1 amide bonds. The first-order valence-electron chi connectivity index (χ1n) is 10.2. The number of ketones is 1. The molecule has 1 fully saturated rings. The van der Waals surface area contributed by atoms with Crippen LogP contribution in [0.4, 0.5) is 7.31 Å². The Morgan fingerprint density at radius 3 is 2.60 bits per heavy atom. The summed E-state index contributed by atoms with van der Waals surface area (Å²) in [7, 11) is 1.31. The van der Waals surface area contributed by atoms with Gasteiger partial charge in [-0.1, -0.05) is 0 Å². The second kappa shape index (κ2) is 10.1. The van der Waals surface area contributed by atoms with E-state index >= 15 is 0 Å². The van der Waals surface area contributed by atoms with Crippen LogP contribution >= 0.6 is 0 Å². The Morgan fingerprint density at radius 2 is 2.03 bits per heavy atom.